The second kappa shape index (κ2) is 12.0. The van der Waals surface area contributed by atoms with Crippen molar-refractivity contribution < 1.29 is 28.2 Å². The molecule has 0 saturated heterocycles. The molecule has 10 heteroatoms. The van der Waals surface area contributed by atoms with Crippen LogP contribution in [0.15, 0.2) is 113 Å². The van der Waals surface area contributed by atoms with Crippen LogP contribution in [0.5, 0.6) is 11.5 Å². The molecule has 0 aliphatic carbocycles. The van der Waals surface area contributed by atoms with Gasteiger partial charge in [0.1, 0.15) is 27.9 Å². The summed E-state index contributed by atoms with van der Waals surface area (Å²) in [5.74, 6) is -0.530. The lowest BCUT2D eigenvalue weighted by Gasteiger charge is -2.15. The number of anilines is 3. The van der Waals surface area contributed by atoms with Crippen molar-refractivity contribution in [3.05, 3.63) is 119 Å². The zero-order valence-electron chi connectivity index (χ0n) is 22.0. The fourth-order valence-electron chi connectivity index (χ4n) is 4.03. The largest absolute Gasteiger partial charge is 0.497 e. The highest BCUT2D eigenvalue weighted by atomic mass is 32.2. The zero-order valence-corrected chi connectivity index (χ0v) is 22.8. The molecule has 0 spiro atoms. The van der Waals surface area contributed by atoms with Crippen molar-refractivity contribution in [2.24, 2.45) is 0 Å². The predicted molar refractivity (Wildman–Crippen MR) is 156 cm³/mol. The van der Waals surface area contributed by atoms with E-state index in [4.69, 9.17) is 9.47 Å². The fourth-order valence-corrected chi connectivity index (χ4v) is 4.95. The summed E-state index contributed by atoms with van der Waals surface area (Å²) in [7, 11) is 3.08. The Morgan fingerprint density at radius 1 is 0.732 bits per heavy atom. The molecule has 1 aliphatic heterocycles. The van der Waals surface area contributed by atoms with E-state index < -0.39 is 17.6 Å². The Labute approximate surface area is 239 Å². The SMILES string of the molecule is COc1ccc(C(=O)Nc2ccc(SC3=C(Nc4ccc(F)cc4)C(=O)N(c4ccc(OC)cc4)C3=O)cc2)cc1. The highest BCUT2D eigenvalue weighted by Crippen LogP contribution is 2.38. The summed E-state index contributed by atoms with van der Waals surface area (Å²) < 4.78 is 23.8. The van der Waals surface area contributed by atoms with Crippen molar-refractivity contribution in [3.63, 3.8) is 0 Å². The van der Waals surface area contributed by atoms with Crippen molar-refractivity contribution in [1.82, 2.24) is 0 Å². The summed E-state index contributed by atoms with van der Waals surface area (Å²) >= 11 is 1.11. The van der Waals surface area contributed by atoms with Crippen LogP contribution in [0.1, 0.15) is 10.4 Å². The highest BCUT2D eigenvalue weighted by Gasteiger charge is 2.40. The average Bonchev–Trinajstić information content (AvgIpc) is 3.23. The number of thioether (sulfide) groups is 1. The number of nitrogens with one attached hydrogen (secondary N) is 2. The molecule has 41 heavy (non-hydrogen) atoms. The van der Waals surface area contributed by atoms with Crippen LogP contribution < -0.4 is 25.0 Å². The van der Waals surface area contributed by atoms with E-state index in [1.54, 1.807) is 79.9 Å². The number of nitrogens with zero attached hydrogens (tertiary/aromatic N) is 1. The summed E-state index contributed by atoms with van der Waals surface area (Å²) in [4.78, 5) is 41.6. The number of methoxy groups -OCH3 is 2. The molecule has 0 unspecified atom stereocenters. The minimum atomic E-state index is -0.546. The zero-order chi connectivity index (χ0) is 28.9. The van der Waals surface area contributed by atoms with Gasteiger partial charge in [-0.3, -0.25) is 14.4 Å². The van der Waals surface area contributed by atoms with E-state index in [2.05, 4.69) is 10.6 Å². The van der Waals surface area contributed by atoms with Gasteiger partial charge in [0, 0.05) is 21.8 Å². The van der Waals surface area contributed by atoms with Crippen molar-refractivity contribution >= 4 is 46.5 Å². The number of rotatable bonds is 9. The van der Waals surface area contributed by atoms with Crippen LogP contribution in [0.4, 0.5) is 21.5 Å². The molecule has 4 aromatic carbocycles. The Kier molecular flexibility index (Phi) is 8.02. The predicted octanol–water partition coefficient (Wildman–Crippen LogP) is 6.08. The van der Waals surface area contributed by atoms with Crippen LogP contribution in [0.3, 0.4) is 0 Å². The number of hydrogen-bond donors (Lipinski definition) is 2. The topological polar surface area (TPSA) is 97.0 Å². The minimum absolute atomic E-state index is 0.0688. The van der Waals surface area contributed by atoms with Crippen LogP contribution in [-0.4, -0.2) is 31.9 Å². The maximum Gasteiger partial charge on any atom is 0.283 e. The lowest BCUT2D eigenvalue weighted by molar-refractivity contribution is -0.120. The average molecular weight is 570 g/mol. The van der Waals surface area contributed by atoms with E-state index in [1.807, 2.05) is 0 Å². The van der Waals surface area contributed by atoms with Gasteiger partial charge < -0.3 is 20.1 Å². The Morgan fingerprint density at radius 3 is 1.88 bits per heavy atom. The van der Waals surface area contributed by atoms with Crippen LogP contribution in [0.25, 0.3) is 0 Å². The molecule has 0 bridgehead atoms. The van der Waals surface area contributed by atoms with Gasteiger partial charge in [-0.25, -0.2) is 9.29 Å². The molecule has 0 radical (unpaired) electrons. The van der Waals surface area contributed by atoms with Gasteiger partial charge in [0.15, 0.2) is 0 Å². The third kappa shape index (κ3) is 6.07. The van der Waals surface area contributed by atoms with Gasteiger partial charge in [-0.15, -0.1) is 0 Å². The summed E-state index contributed by atoms with van der Waals surface area (Å²) in [6.45, 7) is 0. The number of amides is 3. The van der Waals surface area contributed by atoms with Gasteiger partial charge >= 0.3 is 0 Å². The molecule has 0 fully saturated rings. The first-order chi connectivity index (χ1) is 19.9. The number of carbonyl (C=O) groups excluding carboxylic acids is 3. The van der Waals surface area contributed by atoms with Crippen molar-refractivity contribution in [2.45, 2.75) is 4.90 Å². The Morgan fingerprint density at radius 2 is 1.29 bits per heavy atom. The number of carbonyl (C=O) groups is 3. The normalized spacial score (nSPS) is 12.9. The van der Waals surface area contributed by atoms with Crippen LogP contribution in [0.2, 0.25) is 0 Å². The summed E-state index contributed by atoms with van der Waals surface area (Å²) in [5, 5.41) is 5.83. The third-order valence-electron chi connectivity index (χ3n) is 6.17. The molecule has 0 aromatic heterocycles. The molecule has 0 saturated carbocycles. The van der Waals surface area contributed by atoms with Crippen LogP contribution >= 0.6 is 11.8 Å². The Bertz CT molecular complexity index is 1620. The Balaban J connectivity index is 1.38. The van der Waals surface area contributed by atoms with Gasteiger partial charge in [-0.1, -0.05) is 11.8 Å². The molecule has 5 rings (SSSR count). The fraction of sp³-hybridized carbons (Fsp3) is 0.0645. The van der Waals surface area contributed by atoms with E-state index in [0.29, 0.717) is 39.0 Å². The molecule has 1 heterocycles. The monoisotopic (exact) mass is 569 g/mol. The lowest BCUT2D eigenvalue weighted by atomic mass is 10.2. The number of halogens is 1. The number of benzene rings is 4. The molecule has 8 nitrogen and oxygen atoms in total. The second-order valence-electron chi connectivity index (χ2n) is 8.79. The van der Waals surface area contributed by atoms with E-state index in [0.717, 1.165) is 16.7 Å². The highest BCUT2D eigenvalue weighted by molar-refractivity contribution is 8.04. The van der Waals surface area contributed by atoms with E-state index >= 15 is 0 Å². The molecule has 4 aromatic rings. The molecule has 1 aliphatic rings. The maximum absolute atomic E-state index is 13.6. The molecule has 3 amide bonds. The van der Waals surface area contributed by atoms with Gasteiger partial charge in [0.25, 0.3) is 17.7 Å². The number of ether oxygens (including phenoxy) is 2. The van der Waals surface area contributed by atoms with Gasteiger partial charge in [-0.05, 0) is 97.1 Å². The van der Waals surface area contributed by atoms with E-state index in [-0.39, 0.29) is 16.5 Å². The Hall–Kier alpha value is -5.09. The van der Waals surface area contributed by atoms with Crippen molar-refractivity contribution in [2.75, 3.05) is 29.8 Å². The molecular weight excluding hydrogens is 545 g/mol. The summed E-state index contributed by atoms with van der Waals surface area (Å²) in [5.41, 5.74) is 1.93. The number of hydrogen-bond acceptors (Lipinski definition) is 7. The first-order valence-corrected chi connectivity index (χ1v) is 13.2. The summed E-state index contributed by atoms with van der Waals surface area (Å²) in [6.07, 6.45) is 0. The number of imide groups is 1. The van der Waals surface area contributed by atoms with Gasteiger partial charge in [-0.2, -0.15) is 0 Å². The standard InChI is InChI=1S/C31H24FN3O5S/c1-39-24-13-3-19(4-14-24)29(36)34-22-9-17-26(18-10-22)41-28-27(33-21-7-5-20(32)6-8-21)30(37)35(31(28)38)23-11-15-25(40-2)16-12-23/h3-18,33H,1-2H3,(H,34,36). The molecule has 206 valence electrons. The van der Waals surface area contributed by atoms with E-state index in [9.17, 15) is 18.8 Å². The van der Waals surface area contributed by atoms with Crippen molar-refractivity contribution in [1.29, 1.82) is 0 Å². The van der Waals surface area contributed by atoms with Gasteiger partial charge in [0.2, 0.25) is 0 Å². The smallest absolute Gasteiger partial charge is 0.283 e. The first kappa shape index (κ1) is 27.5. The quantitative estimate of drug-likeness (QED) is 0.236. The molecule has 2 N–H and O–H groups in total. The minimum Gasteiger partial charge on any atom is -0.497 e. The third-order valence-corrected chi connectivity index (χ3v) is 7.26. The molecule has 0 atom stereocenters. The van der Waals surface area contributed by atoms with Gasteiger partial charge in [0.05, 0.1) is 19.9 Å². The van der Waals surface area contributed by atoms with Crippen molar-refractivity contribution in [3.8, 4) is 11.5 Å². The van der Waals surface area contributed by atoms with Crippen LogP contribution in [0, 0.1) is 5.82 Å². The molecular formula is C31H24FN3O5S. The lowest BCUT2D eigenvalue weighted by Crippen LogP contribution is -2.32. The van der Waals surface area contributed by atoms with E-state index in [1.165, 1.54) is 31.4 Å². The first-order valence-electron chi connectivity index (χ1n) is 12.4. The van der Waals surface area contributed by atoms with Crippen LogP contribution in [-0.2, 0) is 9.59 Å². The summed E-state index contributed by atoms with van der Waals surface area (Å²) in [6, 6.07) is 25.7. The second-order valence-corrected chi connectivity index (χ2v) is 9.87. The maximum atomic E-state index is 13.6.